The summed E-state index contributed by atoms with van der Waals surface area (Å²) in [6.45, 7) is 0. The second-order valence-corrected chi connectivity index (χ2v) is 4.19. The van der Waals surface area contributed by atoms with Gasteiger partial charge in [0.25, 0.3) is 0 Å². The molecule has 14 heavy (non-hydrogen) atoms. The maximum atomic E-state index is 11.4. The molecular formula is C10H15N3O. The molecule has 2 N–H and O–H groups in total. The summed E-state index contributed by atoms with van der Waals surface area (Å²) >= 11 is 0. The Kier molecular flexibility index (Phi) is 2.58. The number of carbonyl (C=O) groups excluding carboxylic acids is 1. The third-order valence-electron chi connectivity index (χ3n) is 2.96. The number of rotatable bonds is 3. The van der Waals surface area contributed by atoms with Crippen molar-refractivity contribution in [3.63, 3.8) is 0 Å². The van der Waals surface area contributed by atoms with Crippen LogP contribution in [0.5, 0.6) is 0 Å². The smallest absolute Gasteiger partial charge is 0.316 e. The number of nitrogens with zero attached hydrogens (tertiary/aromatic N) is 1. The Morgan fingerprint density at radius 2 is 2.07 bits per heavy atom. The average Bonchev–Trinajstić information content (AvgIpc) is 2.90. The zero-order valence-electron chi connectivity index (χ0n) is 8.12. The molecule has 1 atom stereocenters. The van der Waals surface area contributed by atoms with E-state index in [1.165, 1.54) is 6.42 Å². The minimum atomic E-state index is -0.282. The first-order valence-electron chi connectivity index (χ1n) is 5.26. The van der Waals surface area contributed by atoms with Crippen molar-refractivity contribution in [2.24, 2.45) is 5.92 Å². The number of nitrogens with one attached hydrogen (secondary N) is 2. The lowest BCUT2D eigenvalue weighted by atomic mass is 9.93. The van der Waals surface area contributed by atoms with Crippen LogP contribution in [0.3, 0.4) is 0 Å². The normalized spacial score (nSPS) is 23.1. The monoisotopic (exact) mass is 193 g/mol. The highest BCUT2D eigenvalue weighted by molar-refractivity contribution is 5.75. The molecule has 76 valence electrons. The van der Waals surface area contributed by atoms with Crippen LogP contribution in [0.4, 0.5) is 4.79 Å². The Bertz CT molecular complexity index is 263. The molecule has 2 amide bonds. The summed E-state index contributed by atoms with van der Waals surface area (Å²) in [5.74, 6) is 0.396. The van der Waals surface area contributed by atoms with Crippen molar-refractivity contribution in [3.05, 3.63) is 0 Å². The van der Waals surface area contributed by atoms with Crippen LogP contribution in [0.2, 0.25) is 0 Å². The van der Waals surface area contributed by atoms with Crippen molar-refractivity contribution in [2.45, 2.75) is 44.2 Å². The second kappa shape index (κ2) is 3.87. The molecule has 0 saturated heterocycles. The third kappa shape index (κ3) is 2.16. The van der Waals surface area contributed by atoms with E-state index in [-0.39, 0.29) is 12.1 Å². The highest BCUT2D eigenvalue weighted by Crippen LogP contribution is 2.32. The van der Waals surface area contributed by atoms with Crippen molar-refractivity contribution in [1.29, 1.82) is 5.26 Å². The van der Waals surface area contributed by atoms with Crippen molar-refractivity contribution in [1.82, 2.24) is 10.6 Å². The molecule has 0 spiro atoms. The quantitative estimate of drug-likeness (QED) is 0.706. The lowest BCUT2D eigenvalue weighted by Crippen LogP contribution is -2.48. The van der Waals surface area contributed by atoms with E-state index >= 15 is 0 Å². The van der Waals surface area contributed by atoms with Crippen LogP contribution < -0.4 is 10.6 Å². The standard InChI is InChI=1S/C10H15N3O/c11-6-9(7-4-5-7)13-10(14)12-8-2-1-3-8/h7-9H,1-5H2,(H2,12,13,14). The molecule has 0 aromatic carbocycles. The number of hydrogen-bond acceptors (Lipinski definition) is 2. The van der Waals surface area contributed by atoms with Gasteiger partial charge in [0.15, 0.2) is 0 Å². The molecule has 2 rings (SSSR count). The SMILES string of the molecule is N#CC(NC(=O)NC1CCC1)C1CC1. The predicted octanol–water partition coefficient (Wildman–Crippen LogP) is 1.14. The fraction of sp³-hybridized carbons (Fsp3) is 0.800. The molecule has 0 radical (unpaired) electrons. The maximum absolute atomic E-state index is 11.4. The van der Waals surface area contributed by atoms with Crippen LogP contribution >= 0.6 is 0 Å². The molecule has 0 aliphatic heterocycles. The average molecular weight is 193 g/mol. The first-order valence-corrected chi connectivity index (χ1v) is 5.26. The van der Waals surface area contributed by atoms with Crippen LogP contribution in [0, 0.1) is 17.2 Å². The Morgan fingerprint density at radius 1 is 1.36 bits per heavy atom. The van der Waals surface area contributed by atoms with E-state index in [1.54, 1.807) is 0 Å². The number of carbonyl (C=O) groups is 1. The summed E-state index contributed by atoms with van der Waals surface area (Å²) in [7, 11) is 0. The largest absolute Gasteiger partial charge is 0.335 e. The molecule has 4 nitrogen and oxygen atoms in total. The zero-order valence-corrected chi connectivity index (χ0v) is 8.12. The molecular weight excluding hydrogens is 178 g/mol. The summed E-state index contributed by atoms with van der Waals surface area (Å²) in [5.41, 5.74) is 0. The van der Waals surface area contributed by atoms with Gasteiger partial charge in [0.2, 0.25) is 0 Å². The molecule has 0 heterocycles. The first kappa shape index (κ1) is 9.32. The molecule has 4 heteroatoms. The van der Waals surface area contributed by atoms with E-state index in [9.17, 15) is 4.79 Å². The topological polar surface area (TPSA) is 64.9 Å². The number of amides is 2. The fourth-order valence-electron chi connectivity index (χ4n) is 1.61. The molecule has 2 aliphatic carbocycles. The summed E-state index contributed by atoms with van der Waals surface area (Å²) in [4.78, 5) is 11.4. The zero-order chi connectivity index (χ0) is 9.97. The molecule has 0 aromatic heterocycles. The van der Waals surface area contributed by atoms with Gasteiger partial charge in [-0.05, 0) is 38.0 Å². The Labute approximate surface area is 83.7 Å². The van der Waals surface area contributed by atoms with Crippen molar-refractivity contribution in [2.75, 3.05) is 0 Å². The summed E-state index contributed by atoms with van der Waals surface area (Å²) in [6.07, 6.45) is 5.50. The highest BCUT2D eigenvalue weighted by Gasteiger charge is 2.32. The summed E-state index contributed by atoms with van der Waals surface area (Å²) in [5, 5.41) is 14.4. The van der Waals surface area contributed by atoms with Gasteiger partial charge < -0.3 is 10.6 Å². The van der Waals surface area contributed by atoms with Gasteiger partial charge in [-0.1, -0.05) is 0 Å². The van der Waals surface area contributed by atoms with Crippen LogP contribution in [0.1, 0.15) is 32.1 Å². The fourth-order valence-corrected chi connectivity index (χ4v) is 1.61. The number of hydrogen-bond donors (Lipinski definition) is 2. The van der Waals surface area contributed by atoms with E-state index in [2.05, 4.69) is 16.7 Å². The van der Waals surface area contributed by atoms with E-state index < -0.39 is 0 Å². The lowest BCUT2D eigenvalue weighted by Gasteiger charge is -2.26. The number of nitriles is 1. The summed E-state index contributed by atoms with van der Waals surface area (Å²) in [6, 6.07) is 2.02. The van der Waals surface area contributed by atoms with Crippen LogP contribution in [-0.2, 0) is 0 Å². The molecule has 2 fully saturated rings. The van der Waals surface area contributed by atoms with Crippen LogP contribution in [0.15, 0.2) is 0 Å². The summed E-state index contributed by atoms with van der Waals surface area (Å²) < 4.78 is 0. The molecule has 1 unspecified atom stereocenters. The van der Waals surface area contributed by atoms with Gasteiger partial charge in [-0.15, -0.1) is 0 Å². The highest BCUT2D eigenvalue weighted by atomic mass is 16.2. The van der Waals surface area contributed by atoms with Crippen LogP contribution in [-0.4, -0.2) is 18.1 Å². The molecule has 2 aliphatic rings. The third-order valence-corrected chi connectivity index (χ3v) is 2.96. The van der Waals surface area contributed by atoms with Gasteiger partial charge in [0.05, 0.1) is 6.07 Å². The maximum Gasteiger partial charge on any atom is 0.316 e. The van der Waals surface area contributed by atoms with Gasteiger partial charge in [0.1, 0.15) is 6.04 Å². The minimum absolute atomic E-state index is 0.173. The van der Waals surface area contributed by atoms with E-state index in [1.807, 2.05) is 0 Å². The van der Waals surface area contributed by atoms with E-state index in [0.717, 1.165) is 25.7 Å². The molecule has 0 bridgehead atoms. The second-order valence-electron chi connectivity index (χ2n) is 4.19. The lowest BCUT2D eigenvalue weighted by molar-refractivity contribution is 0.225. The van der Waals surface area contributed by atoms with Crippen molar-refractivity contribution in [3.8, 4) is 6.07 Å². The Hall–Kier alpha value is -1.24. The van der Waals surface area contributed by atoms with E-state index in [4.69, 9.17) is 5.26 Å². The molecule has 0 aromatic rings. The minimum Gasteiger partial charge on any atom is -0.335 e. The van der Waals surface area contributed by atoms with Gasteiger partial charge >= 0.3 is 6.03 Å². The van der Waals surface area contributed by atoms with Gasteiger partial charge in [-0.2, -0.15) is 5.26 Å². The Balaban J connectivity index is 1.72. The van der Waals surface area contributed by atoms with Gasteiger partial charge in [0, 0.05) is 6.04 Å². The predicted molar refractivity (Wildman–Crippen MR) is 51.4 cm³/mol. The van der Waals surface area contributed by atoms with Crippen LogP contribution in [0.25, 0.3) is 0 Å². The molecule has 2 saturated carbocycles. The Morgan fingerprint density at radius 3 is 2.50 bits per heavy atom. The van der Waals surface area contributed by atoms with Gasteiger partial charge in [-0.3, -0.25) is 0 Å². The van der Waals surface area contributed by atoms with Crippen molar-refractivity contribution < 1.29 is 4.79 Å². The van der Waals surface area contributed by atoms with Crippen molar-refractivity contribution >= 4 is 6.03 Å². The van der Waals surface area contributed by atoms with E-state index in [0.29, 0.717) is 12.0 Å². The number of urea groups is 1. The van der Waals surface area contributed by atoms with Gasteiger partial charge in [-0.25, -0.2) is 4.79 Å². The first-order chi connectivity index (χ1) is 6.79.